The van der Waals surface area contributed by atoms with Crippen LogP contribution in [0.25, 0.3) is 0 Å². The fourth-order valence-corrected chi connectivity index (χ4v) is 21.9. The Morgan fingerprint density at radius 3 is 0.564 bits per heavy atom. The second kappa shape index (κ2) is 36.6. The number of aliphatic hydroxyl groups is 7. The van der Waals surface area contributed by atoms with Gasteiger partial charge in [-0.1, -0.05) is 65.1 Å². The SMILES string of the molecule is CI.Oc1cc(O)c2c(c1)O[C@H](c1ccc(O)c(O)c1)[C@H](O)[C@H]2c1c(O)cc(O)c2c1O[C@H](c1ccc(O)c(O)c1)[C@H](O)[C@H]2c1c(O)cc(O)c2c1O[C@H](c1ccc(O)c(O)c1)[C@H](O)[C@H]2c1c(O)cc(O)c2c1O[C@H](c1ccc(O)c(O)c1)[C@H](O)[C@H]2c1c(O)cc(O)c2c1O[C@H](c1ccc(O)c(O)c1)[C@H](O)[C@H]2c1c(O)cc(O)c2c1O[C@H](c1ccc(O)c(O)c1)[C@H](O)[C@H]2c1c(O)cc(O)c2c1O[C@H](c1ccc(O)c(O)c1)[C@H](O)C2. The second-order valence-corrected chi connectivity index (χ2v) is 37.0. The van der Waals surface area contributed by atoms with Crippen molar-refractivity contribution in [3.8, 4) is 201 Å². The van der Waals surface area contributed by atoms with Gasteiger partial charge < -0.3 is 212 Å². The van der Waals surface area contributed by atoms with E-state index in [4.69, 9.17) is 33.2 Å². The van der Waals surface area contributed by atoms with E-state index in [1.54, 1.807) is 0 Å². The highest BCUT2D eigenvalue weighted by molar-refractivity contribution is 14.1. The molecule has 35 N–H and O–H groups in total. The molecular formula is C106H89IO42. The molecule has 0 bridgehead atoms. The zero-order chi connectivity index (χ0) is 106. The van der Waals surface area contributed by atoms with Gasteiger partial charge in [-0.15, -0.1) is 0 Å². The summed E-state index contributed by atoms with van der Waals surface area (Å²) < 4.78 is 47.0. The lowest BCUT2D eigenvalue weighted by Gasteiger charge is -2.45. The van der Waals surface area contributed by atoms with Crippen molar-refractivity contribution in [1.82, 2.24) is 0 Å². The van der Waals surface area contributed by atoms with Crippen molar-refractivity contribution in [2.24, 2.45) is 0 Å². The number of benzene rings is 14. The van der Waals surface area contributed by atoms with Gasteiger partial charge in [0, 0.05) is 127 Å². The maximum absolute atomic E-state index is 13.9. The summed E-state index contributed by atoms with van der Waals surface area (Å²) >= 11 is 2.15. The molecule has 0 unspecified atom stereocenters. The van der Waals surface area contributed by atoms with E-state index in [0.29, 0.717) is 30.3 Å². The first-order valence-corrected chi connectivity index (χ1v) is 47.5. The molecule has 7 heterocycles. The van der Waals surface area contributed by atoms with Crippen LogP contribution < -0.4 is 33.2 Å². The Hall–Kier alpha value is -17.5. The molecule has 20 atom stereocenters. The Bertz CT molecular complexity index is 7860. The van der Waals surface area contributed by atoms with Crippen molar-refractivity contribution in [2.75, 3.05) is 4.93 Å². The van der Waals surface area contributed by atoms with Gasteiger partial charge in [-0.25, -0.2) is 0 Å². The van der Waals surface area contributed by atoms with Gasteiger partial charge in [-0.05, 0) is 129 Å². The number of aliphatic hydroxyl groups excluding tert-OH is 7. The van der Waals surface area contributed by atoms with Crippen molar-refractivity contribution in [3.05, 3.63) is 287 Å². The van der Waals surface area contributed by atoms with Gasteiger partial charge in [0.25, 0.3) is 0 Å². The van der Waals surface area contributed by atoms with Gasteiger partial charge in [0.15, 0.2) is 117 Å². The lowest BCUT2D eigenvalue weighted by Crippen LogP contribution is -2.40. The Balaban J connectivity index is 0.00000668. The number of hydrogen-bond acceptors (Lipinski definition) is 42. The van der Waals surface area contributed by atoms with Crippen LogP contribution in [-0.4, -0.2) is 226 Å². The van der Waals surface area contributed by atoms with Gasteiger partial charge in [-0.3, -0.25) is 0 Å². The highest BCUT2D eigenvalue weighted by atomic mass is 127. The summed E-state index contributed by atoms with van der Waals surface area (Å²) in [6.45, 7) is 0. The van der Waals surface area contributed by atoms with Crippen molar-refractivity contribution in [3.63, 3.8) is 0 Å². The summed E-state index contributed by atoms with van der Waals surface area (Å²) in [5, 5.41) is 426. The molecule has 772 valence electrons. The summed E-state index contributed by atoms with van der Waals surface area (Å²) in [4.78, 5) is 1.97. The predicted molar refractivity (Wildman–Crippen MR) is 517 cm³/mol. The molecule has 14 aromatic carbocycles. The number of alkyl halides is 1. The molecule has 0 saturated carbocycles. The summed E-state index contributed by atoms with van der Waals surface area (Å²) in [6.07, 6.45) is -30.7. The van der Waals surface area contributed by atoms with E-state index in [0.717, 1.165) is 133 Å². The van der Waals surface area contributed by atoms with Crippen LogP contribution in [0.2, 0.25) is 0 Å². The molecule has 21 rings (SSSR count). The zero-order valence-corrected chi connectivity index (χ0v) is 78.5. The Morgan fingerprint density at radius 1 is 0.174 bits per heavy atom. The van der Waals surface area contributed by atoms with Gasteiger partial charge in [0.1, 0.15) is 163 Å². The first-order valence-electron chi connectivity index (χ1n) is 45.4. The van der Waals surface area contributed by atoms with Crippen LogP contribution in [0.1, 0.15) is 190 Å². The van der Waals surface area contributed by atoms with E-state index >= 15 is 0 Å². The molecule has 0 radical (unpaired) electrons. The third-order valence-corrected chi connectivity index (χ3v) is 28.5. The van der Waals surface area contributed by atoms with Crippen molar-refractivity contribution in [2.45, 2.75) is 127 Å². The van der Waals surface area contributed by atoms with E-state index in [-0.39, 0.29) is 38.9 Å². The van der Waals surface area contributed by atoms with E-state index in [1.165, 1.54) is 12.1 Å². The van der Waals surface area contributed by atoms with Crippen LogP contribution in [0.5, 0.6) is 201 Å². The van der Waals surface area contributed by atoms with Gasteiger partial charge in [0.2, 0.25) is 0 Å². The Kier molecular flexibility index (Phi) is 24.3. The van der Waals surface area contributed by atoms with Crippen LogP contribution in [-0.2, 0) is 6.42 Å². The van der Waals surface area contributed by atoms with Crippen molar-refractivity contribution < 1.29 is 212 Å². The third kappa shape index (κ3) is 15.8. The first-order chi connectivity index (χ1) is 70.9. The van der Waals surface area contributed by atoms with Gasteiger partial charge in [0.05, 0.1) is 41.6 Å². The lowest BCUT2D eigenvalue weighted by molar-refractivity contribution is -0.0116. The summed E-state index contributed by atoms with van der Waals surface area (Å²) in [5.41, 5.74) is -11.3. The fraction of sp³-hybridized carbons (Fsp3) is 0.208. The van der Waals surface area contributed by atoms with E-state index in [2.05, 4.69) is 22.6 Å². The molecule has 149 heavy (non-hydrogen) atoms. The molecule has 42 nitrogen and oxygen atoms in total. The fourth-order valence-electron chi connectivity index (χ4n) is 21.9. The highest BCUT2D eigenvalue weighted by Crippen LogP contribution is 2.71. The van der Waals surface area contributed by atoms with Gasteiger partial charge in [-0.2, -0.15) is 0 Å². The Morgan fingerprint density at radius 2 is 0.349 bits per heavy atom. The molecule has 14 aromatic rings. The number of phenolic OH excluding ortho intramolecular Hbond substituents is 28. The molecule has 7 aliphatic heterocycles. The molecule has 0 fully saturated rings. The minimum atomic E-state index is -2.53. The maximum Gasteiger partial charge on any atom is 0.157 e. The van der Waals surface area contributed by atoms with E-state index in [9.17, 15) is 179 Å². The van der Waals surface area contributed by atoms with Crippen LogP contribution in [0.4, 0.5) is 0 Å². The monoisotopic (exact) mass is 2160 g/mol. The minimum absolute atomic E-state index is 0.0307. The number of fused-ring (bicyclic) bond motifs is 7. The average Bonchev–Trinajstić information content (AvgIpc) is 0.700. The van der Waals surface area contributed by atoms with Crippen LogP contribution in [0.3, 0.4) is 0 Å². The van der Waals surface area contributed by atoms with Crippen molar-refractivity contribution >= 4 is 22.6 Å². The standard InChI is InChI=1S/C105H86O42.CH3I/c106-38-22-55(122)69-68(23-38)141-94(32-2-9-41(108)49(116)16-32)87(135)81(69)71-57(124)26-59(126)73-83(89(137)96(143-101(71)73)34-4-11-43(110)51(118)18-34)75-61(128)28-63(130)77-85(91(139)98(145-103(75)77)36-6-13-45(112)53(120)20-36)79-65(132)30-66(133)80-86(92(140)99(147-105(79)80)37-7-14-46(113)54(121)21-37)78-64(131)29-62(129)76-84(90(138)97(146-104(76)78)35-5-12-44(111)52(119)19-35)74-60(127)27-58(125)72-82(88(136)95(144-102(72)74)33-3-10-42(109)50(117)17-33)70-56(123)25-47(114)39-24-67(134)93(142-100(39)70)31-1-8-40(107)48(115)15-31;1-2/h1-23,25-30,67,81-99,106-140H,24H2;1H3/t67-,81-,82+,83-,84+,85-,86+,87-,88-,89-,90-,91-,92-,93-,94-,95-,96-,97-,98-,99-;/m1./s1. The molecule has 7 aliphatic rings. The molecule has 43 heteroatoms. The maximum atomic E-state index is 13.9. The first kappa shape index (κ1) is 98.9. The number of hydrogen-bond donors (Lipinski definition) is 35. The molecule has 0 spiro atoms. The summed E-state index contributed by atoms with van der Waals surface area (Å²) in [6, 6.07) is 26.4. The summed E-state index contributed by atoms with van der Waals surface area (Å²) in [7, 11) is 0. The average molecular weight is 2160 g/mol. The molecule has 0 amide bonds. The molecule has 0 aromatic heterocycles. The number of aromatic hydroxyl groups is 28. The summed E-state index contributed by atoms with van der Waals surface area (Å²) in [5.74, 6) is -45.0. The van der Waals surface area contributed by atoms with Crippen molar-refractivity contribution in [1.29, 1.82) is 0 Å². The minimum Gasteiger partial charge on any atom is -0.508 e. The third-order valence-electron chi connectivity index (χ3n) is 28.5. The predicted octanol–water partition coefficient (Wildman–Crippen LogP) is 11.3. The second-order valence-electron chi connectivity index (χ2n) is 37.0. The van der Waals surface area contributed by atoms with Gasteiger partial charge >= 0.3 is 0 Å². The number of rotatable bonds is 13. The molecular weight excluding hydrogens is 2070 g/mol. The van der Waals surface area contributed by atoms with Crippen LogP contribution in [0.15, 0.2) is 176 Å². The largest absolute Gasteiger partial charge is 0.508 e. The highest BCUT2D eigenvalue weighted by Gasteiger charge is 2.59. The number of ether oxygens (including phenoxy) is 7. The smallest absolute Gasteiger partial charge is 0.157 e. The molecule has 0 saturated heterocycles. The number of halogens is 1. The zero-order valence-electron chi connectivity index (χ0n) is 76.4. The lowest BCUT2D eigenvalue weighted by atomic mass is 9.70. The Labute approximate surface area is 850 Å². The van der Waals surface area contributed by atoms with E-state index in [1.807, 2.05) is 4.93 Å². The normalized spacial score (nSPS) is 24.2. The molecule has 0 aliphatic carbocycles. The van der Waals surface area contributed by atoms with E-state index < -0.39 is 401 Å². The van der Waals surface area contributed by atoms with Crippen LogP contribution in [0, 0.1) is 0 Å². The quantitative estimate of drug-likeness (QED) is 0.0290. The topological polar surface area (TPSA) is 773 Å². The van der Waals surface area contributed by atoms with Crippen LogP contribution >= 0.6 is 22.6 Å². The number of phenols is 28.